The van der Waals surface area contributed by atoms with Crippen LogP contribution in [0, 0.1) is 0 Å². The SMILES string of the molecule is FC(F)(F)c1cc(Cl)c2c(c1)C[C@@H](c1cccc(C3=[N+]=NN3)n1)O2. The number of halogens is 4. The van der Waals surface area contributed by atoms with E-state index in [9.17, 15) is 13.2 Å². The first kappa shape index (κ1) is 15.0. The monoisotopic (exact) mass is 353 g/mol. The topological polar surface area (TPSA) is 60.6 Å². The van der Waals surface area contributed by atoms with Crippen LogP contribution in [0.2, 0.25) is 5.02 Å². The highest BCUT2D eigenvalue weighted by Crippen LogP contribution is 2.44. The summed E-state index contributed by atoms with van der Waals surface area (Å²) in [7, 11) is 0. The van der Waals surface area contributed by atoms with Crippen LogP contribution in [-0.4, -0.2) is 15.6 Å². The van der Waals surface area contributed by atoms with E-state index >= 15 is 0 Å². The van der Waals surface area contributed by atoms with Crippen molar-refractivity contribution in [3.05, 3.63) is 57.9 Å². The van der Waals surface area contributed by atoms with Gasteiger partial charge < -0.3 is 4.74 Å². The van der Waals surface area contributed by atoms with Gasteiger partial charge in [0.05, 0.1) is 16.3 Å². The number of nitrogens with one attached hydrogen (secondary N) is 1. The molecule has 0 spiro atoms. The van der Waals surface area contributed by atoms with E-state index in [1.807, 2.05) is 0 Å². The molecule has 0 saturated carbocycles. The van der Waals surface area contributed by atoms with Crippen LogP contribution in [0.3, 0.4) is 0 Å². The number of pyridine rings is 1. The summed E-state index contributed by atoms with van der Waals surface area (Å²) in [5.41, 5.74) is 3.46. The van der Waals surface area contributed by atoms with E-state index in [1.54, 1.807) is 18.2 Å². The second-order valence-corrected chi connectivity index (χ2v) is 5.77. The Morgan fingerprint density at radius 1 is 1.29 bits per heavy atom. The fourth-order valence-corrected chi connectivity index (χ4v) is 2.90. The Bertz CT molecular complexity index is 906. The van der Waals surface area contributed by atoms with Crippen molar-refractivity contribution in [1.82, 2.24) is 10.4 Å². The van der Waals surface area contributed by atoms with Gasteiger partial charge in [-0.05, 0) is 24.3 Å². The number of alkyl halides is 3. The van der Waals surface area contributed by atoms with Crippen LogP contribution in [0.4, 0.5) is 13.2 Å². The summed E-state index contributed by atoms with van der Waals surface area (Å²) in [4.78, 5) is 8.20. The van der Waals surface area contributed by atoms with Gasteiger partial charge in [0, 0.05) is 12.0 Å². The molecule has 4 rings (SSSR count). The predicted octanol–water partition coefficient (Wildman–Crippen LogP) is 3.36. The zero-order valence-corrected chi connectivity index (χ0v) is 12.7. The molecule has 1 aromatic heterocycles. The number of rotatable bonds is 2. The first-order valence-electron chi connectivity index (χ1n) is 6.99. The van der Waals surface area contributed by atoms with Crippen LogP contribution in [0.25, 0.3) is 0 Å². The van der Waals surface area contributed by atoms with Crippen molar-refractivity contribution in [1.29, 1.82) is 0 Å². The van der Waals surface area contributed by atoms with Crippen molar-refractivity contribution in [2.45, 2.75) is 18.7 Å². The van der Waals surface area contributed by atoms with Crippen LogP contribution in [0.15, 0.2) is 35.6 Å². The smallest absolute Gasteiger partial charge is 0.416 e. The molecule has 5 nitrogen and oxygen atoms in total. The van der Waals surface area contributed by atoms with E-state index in [2.05, 4.69) is 20.4 Å². The normalized spacial score (nSPS) is 18.3. The van der Waals surface area contributed by atoms with Crippen LogP contribution in [0.1, 0.15) is 28.6 Å². The van der Waals surface area contributed by atoms with Gasteiger partial charge in [0.1, 0.15) is 17.1 Å². The van der Waals surface area contributed by atoms with Crippen molar-refractivity contribution < 1.29 is 22.7 Å². The minimum absolute atomic E-state index is 0.0534. The zero-order chi connectivity index (χ0) is 16.9. The fourth-order valence-electron chi connectivity index (χ4n) is 2.62. The molecular weight excluding hydrogens is 345 g/mol. The molecule has 0 amide bonds. The van der Waals surface area contributed by atoms with E-state index in [0.29, 0.717) is 22.8 Å². The number of fused-ring (bicyclic) bond motifs is 1. The molecule has 2 aliphatic heterocycles. The molecule has 0 radical (unpaired) electrons. The molecule has 0 bridgehead atoms. The summed E-state index contributed by atoms with van der Waals surface area (Å²) in [5.74, 6) is 0.806. The van der Waals surface area contributed by atoms with Crippen molar-refractivity contribution in [3.8, 4) is 5.75 Å². The summed E-state index contributed by atoms with van der Waals surface area (Å²) in [5, 5.41) is 3.47. The standard InChI is InChI=1S/C15H8ClF3N4O/c16-9-6-8(15(17,18)19)4-7-5-12(24-13(7)9)10-2-1-3-11(20-10)14-21-23-22-14/h1-4,6,12H,5H2/p+1/t12-/m0/s1. The maximum absolute atomic E-state index is 12.9. The highest BCUT2D eigenvalue weighted by Gasteiger charge is 2.35. The molecule has 1 N–H and O–H groups in total. The van der Waals surface area contributed by atoms with Gasteiger partial charge in [0.2, 0.25) is 0 Å². The summed E-state index contributed by atoms with van der Waals surface area (Å²) in [6.07, 6.45) is -4.69. The number of hydrogen-bond acceptors (Lipinski definition) is 4. The number of benzene rings is 1. The Morgan fingerprint density at radius 3 is 2.75 bits per heavy atom. The first-order valence-corrected chi connectivity index (χ1v) is 7.37. The average Bonchev–Trinajstić information content (AvgIpc) is 2.89. The molecule has 2 aromatic rings. The molecule has 1 atom stereocenters. The van der Waals surface area contributed by atoms with Gasteiger partial charge >= 0.3 is 12.0 Å². The molecule has 2 aliphatic rings. The van der Waals surface area contributed by atoms with Crippen molar-refractivity contribution in [3.63, 3.8) is 0 Å². The molecule has 0 saturated heterocycles. The van der Waals surface area contributed by atoms with Crippen molar-refractivity contribution >= 4 is 17.4 Å². The number of ether oxygens (including phenoxy) is 1. The number of amidine groups is 1. The lowest BCUT2D eigenvalue weighted by molar-refractivity contribution is -0.141. The van der Waals surface area contributed by atoms with E-state index < -0.39 is 17.8 Å². The zero-order valence-electron chi connectivity index (χ0n) is 11.9. The molecule has 9 heteroatoms. The Balaban J connectivity index is 1.66. The third-order valence-electron chi connectivity index (χ3n) is 3.76. The molecule has 1 aromatic carbocycles. The lowest BCUT2D eigenvalue weighted by atomic mass is 10.0. The van der Waals surface area contributed by atoms with Crippen LogP contribution in [0.5, 0.6) is 5.75 Å². The molecule has 0 aliphatic carbocycles. The van der Waals surface area contributed by atoms with E-state index in [-0.39, 0.29) is 17.2 Å². The Morgan fingerprint density at radius 2 is 2.08 bits per heavy atom. The van der Waals surface area contributed by atoms with Crippen LogP contribution < -0.4 is 10.2 Å². The minimum atomic E-state index is -4.45. The molecule has 0 fully saturated rings. The third kappa shape index (κ3) is 2.50. The largest absolute Gasteiger partial charge is 0.482 e. The highest BCUT2D eigenvalue weighted by atomic mass is 35.5. The second kappa shape index (κ2) is 5.22. The molecule has 0 unspecified atom stereocenters. The quantitative estimate of drug-likeness (QED) is 0.842. The molecule has 122 valence electrons. The van der Waals surface area contributed by atoms with E-state index in [1.165, 1.54) is 0 Å². The van der Waals surface area contributed by atoms with E-state index in [0.717, 1.165) is 12.1 Å². The van der Waals surface area contributed by atoms with E-state index in [4.69, 9.17) is 16.3 Å². The van der Waals surface area contributed by atoms with Gasteiger partial charge in [-0.2, -0.15) is 13.2 Å². The highest BCUT2D eigenvalue weighted by molar-refractivity contribution is 6.32. The predicted molar refractivity (Wildman–Crippen MR) is 77.7 cm³/mol. The molecular formula is C15H9ClF3N4O+. The maximum Gasteiger partial charge on any atom is 0.416 e. The van der Waals surface area contributed by atoms with Crippen molar-refractivity contribution in [2.24, 2.45) is 5.22 Å². The third-order valence-corrected chi connectivity index (χ3v) is 4.04. The van der Waals surface area contributed by atoms with Gasteiger partial charge in [0.25, 0.3) is 0 Å². The van der Waals surface area contributed by atoms with Gasteiger partial charge in [-0.1, -0.05) is 17.7 Å². The molecule has 24 heavy (non-hydrogen) atoms. The van der Waals surface area contributed by atoms with Gasteiger partial charge in [-0.15, -0.1) is 10.2 Å². The first-order chi connectivity index (χ1) is 11.4. The van der Waals surface area contributed by atoms with Crippen molar-refractivity contribution in [2.75, 3.05) is 0 Å². The Labute approximate surface area is 138 Å². The Kier molecular flexibility index (Phi) is 3.26. The number of nitrogens with zero attached hydrogens (tertiary/aromatic N) is 3. The minimum Gasteiger partial charge on any atom is -0.482 e. The average molecular weight is 354 g/mol. The maximum atomic E-state index is 12.9. The number of aromatic nitrogens is 1. The summed E-state index contributed by atoms with van der Waals surface area (Å²) >= 11 is 5.96. The van der Waals surface area contributed by atoms with Crippen LogP contribution in [-0.2, 0) is 12.6 Å². The fraction of sp³-hybridized carbons (Fsp3) is 0.200. The lowest BCUT2D eigenvalue weighted by Gasteiger charge is -2.11. The van der Waals surface area contributed by atoms with Gasteiger partial charge in [-0.3, -0.25) is 0 Å². The van der Waals surface area contributed by atoms with Gasteiger partial charge in [0.15, 0.2) is 5.69 Å². The lowest BCUT2D eigenvalue weighted by Crippen LogP contribution is -2.29. The van der Waals surface area contributed by atoms with Gasteiger partial charge in [-0.25, -0.2) is 4.98 Å². The summed E-state index contributed by atoms with van der Waals surface area (Å²) < 4.78 is 44.4. The summed E-state index contributed by atoms with van der Waals surface area (Å²) in [6, 6.07) is 7.22. The number of hydrogen-bond donors (Lipinski definition) is 1. The second-order valence-electron chi connectivity index (χ2n) is 5.36. The Hall–Kier alpha value is -2.57. The summed E-state index contributed by atoms with van der Waals surface area (Å²) in [6.45, 7) is 0. The van der Waals surface area contributed by atoms with Crippen LogP contribution >= 0.6 is 11.6 Å². The molecule has 3 heterocycles.